The Hall–Kier alpha value is -1.31. The Kier molecular flexibility index (Phi) is 2.69. The number of rotatable bonds is 3. The van der Waals surface area contributed by atoms with Crippen LogP contribution in [0.4, 0.5) is 0 Å². The number of imidazole rings is 1. The third-order valence-electron chi connectivity index (χ3n) is 3.56. The lowest BCUT2D eigenvalue weighted by Crippen LogP contribution is -2.15. The monoisotopic (exact) mass is 242 g/mol. The minimum atomic E-state index is 0.294. The molecule has 2 aromatic rings. The first-order valence-corrected chi connectivity index (χ1v) is 6.97. The fraction of sp³-hybridized carbons (Fsp3) is 0.562. The van der Waals surface area contributed by atoms with E-state index in [9.17, 15) is 0 Å². The van der Waals surface area contributed by atoms with Crippen LogP contribution in [0.25, 0.3) is 11.0 Å². The number of nitrogens with zero attached hydrogens (tertiary/aromatic N) is 2. The van der Waals surface area contributed by atoms with Crippen molar-refractivity contribution in [3.05, 3.63) is 30.1 Å². The van der Waals surface area contributed by atoms with E-state index < -0.39 is 0 Å². The van der Waals surface area contributed by atoms with Crippen LogP contribution in [0.5, 0.6) is 0 Å². The molecule has 1 aromatic carbocycles. The molecule has 0 radical (unpaired) electrons. The van der Waals surface area contributed by atoms with Crippen molar-refractivity contribution < 1.29 is 0 Å². The van der Waals surface area contributed by atoms with Crippen molar-refractivity contribution in [1.29, 1.82) is 0 Å². The van der Waals surface area contributed by atoms with Gasteiger partial charge in [-0.25, -0.2) is 4.98 Å². The maximum absolute atomic E-state index is 4.84. The fourth-order valence-electron chi connectivity index (χ4n) is 2.50. The molecule has 0 N–H and O–H groups in total. The molecule has 0 atom stereocenters. The van der Waals surface area contributed by atoms with Gasteiger partial charge in [0.15, 0.2) is 0 Å². The zero-order chi connectivity index (χ0) is 12.8. The quantitative estimate of drug-likeness (QED) is 0.794. The van der Waals surface area contributed by atoms with Gasteiger partial charge >= 0.3 is 0 Å². The van der Waals surface area contributed by atoms with Crippen molar-refractivity contribution in [3.8, 4) is 0 Å². The highest BCUT2D eigenvalue weighted by molar-refractivity contribution is 5.75. The van der Waals surface area contributed by atoms with Gasteiger partial charge in [-0.2, -0.15) is 0 Å². The average Bonchev–Trinajstić information content (AvgIpc) is 3.02. The van der Waals surface area contributed by atoms with E-state index in [2.05, 4.69) is 49.6 Å². The number of hydrogen-bond donors (Lipinski definition) is 0. The molecule has 1 heterocycles. The topological polar surface area (TPSA) is 17.8 Å². The Balaban J connectivity index is 2.04. The number of benzene rings is 1. The molecule has 96 valence electrons. The summed E-state index contributed by atoms with van der Waals surface area (Å²) in [4.78, 5) is 4.84. The predicted octanol–water partition coefficient (Wildman–Crippen LogP) is 4.03. The number of fused-ring (bicyclic) bond motifs is 1. The molecule has 1 saturated carbocycles. The minimum absolute atomic E-state index is 0.294. The highest BCUT2D eigenvalue weighted by Crippen LogP contribution is 2.33. The van der Waals surface area contributed by atoms with Crippen molar-refractivity contribution in [2.75, 3.05) is 0 Å². The standard InChI is InChI=1S/C16H22N2/c1-16(2,3)10-15-17-13-6-4-5-7-14(13)18(15)11-12-8-9-12/h4-7,12H,8-11H2,1-3H3. The lowest BCUT2D eigenvalue weighted by molar-refractivity contribution is 0.391. The summed E-state index contributed by atoms with van der Waals surface area (Å²) in [6.07, 6.45) is 3.83. The largest absolute Gasteiger partial charge is 0.328 e. The van der Waals surface area contributed by atoms with Gasteiger partial charge in [0.05, 0.1) is 11.0 Å². The summed E-state index contributed by atoms with van der Waals surface area (Å²) >= 11 is 0. The van der Waals surface area contributed by atoms with Gasteiger partial charge in [-0.05, 0) is 36.3 Å². The zero-order valence-corrected chi connectivity index (χ0v) is 11.6. The van der Waals surface area contributed by atoms with E-state index in [1.54, 1.807) is 0 Å². The Morgan fingerprint density at radius 1 is 1.22 bits per heavy atom. The number of aromatic nitrogens is 2. The molecule has 1 aromatic heterocycles. The molecule has 0 saturated heterocycles. The summed E-state index contributed by atoms with van der Waals surface area (Å²) in [6.45, 7) is 8.02. The summed E-state index contributed by atoms with van der Waals surface area (Å²) in [5.74, 6) is 2.15. The third kappa shape index (κ3) is 2.43. The van der Waals surface area contributed by atoms with E-state index in [0.717, 1.165) is 24.4 Å². The fourth-order valence-corrected chi connectivity index (χ4v) is 2.50. The van der Waals surface area contributed by atoms with Crippen molar-refractivity contribution in [2.45, 2.75) is 46.6 Å². The van der Waals surface area contributed by atoms with Gasteiger partial charge in [0.25, 0.3) is 0 Å². The Morgan fingerprint density at radius 3 is 2.61 bits per heavy atom. The molecule has 0 unspecified atom stereocenters. The predicted molar refractivity (Wildman–Crippen MR) is 75.6 cm³/mol. The van der Waals surface area contributed by atoms with Gasteiger partial charge in [0.2, 0.25) is 0 Å². The second kappa shape index (κ2) is 4.11. The van der Waals surface area contributed by atoms with Crippen molar-refractivity contribution in [2.24, 2.45) is 11.3 Å². The molecular weight excluding hydrogens is 220 g/mol. The van der Waals surface area contributed by atoms with Crippen LogP contribution in [0.2, 0.25) is 0 Å². The third-order valence-corrected chi connectivity index (χ3v) is 3.56. The lowest BCUT2D eigenvalue weighted by Gasteiger charge is -2.18. The first-order valence-electron chi connectivity index (χ1n) is 6.97. The Labute approximate surface area is 109 Å². The molecule has 2 nitrogen and oxygen atoms in total. The van der Waals surface area contributed by atoms with E-state index in [0.29, 0.717) is 5.41 Å². The molecule has 1 aliphatic rings. The van der Waals surface area contributed by atoms with Crippen LogP contribution in [-0.2, 0) is 13.0 Å². The van der Waals surface area contributed by atoms with Crippen LogP contribution >= 0.6 is 0 Å². The smallest absolute Gasteiger partial charge is 0.110 e. The van der Waals surface area contributed by atoms with Crippen LogP contribution < -0.4 is 0 Å². The summed E-state index contributed by atoms with van der Waals surface area (Å²) in [5, 5.41) is 0. The molecule has 0 bridgehead atoms. The van der Waals surface area contributed by atoms with Gasteiger partial charge in [-0.15, -0.1) is 0 Å². The molecule has 0 spiro atoms. The van der Waals surface area contributed by atoms with E-state index in [-0.39, 0.29) is 0 Å². The normalized spacial score (nSPS) is 16.4. The summed E-state index contributed by atoms with van der Waals surface area (Å²) in [5.41, 5.74) is 2.75. The first kappa shape index (κ1) is 11.8. The second-order valence-electron chi connectivity index (χ2n) is 6.81. The molecule has 2 heteroatoms. The zero-order valence-electron chi connectivity index (χ0n) is 11.6. The minimum Gasteiger partial charge on any atom is -0.328 e. The number of hydrogen-bond acceptors (Lipinski definition) is 1. The molecular formula is C16H22N2. The van der Waals surface area contributed by atoms with Gasteiger partial charge < -0.3 is 4.57 Å². The van der Waals surface area contributed by atoms with Crippen LogP contribution in [0.1, 0.15) is 39.4 Å². The molecule has 3 rings (SSSR count). The van der Waals surface area contributed by atoms with E-state index in [1.165, 1.54) is 24.2 Å². The summed E-state index contributed by atoms with van der Waals surface area (Å²) < 4.78 is 2.46. The molecule has 1 aliphatic carbocycles. The highest BCUT2D eigenvalue weighted by Gasteiger charge is 2.25. The SMILES string of the molecule is CC(C)(C)Cc1nc2ccccc2n1CC1CC1. The van der Waals surface area contributed by atoms with E-state index >= 15 is 0 Å². The van der Waals surface area contributed by atoms with Crippen molar-refractivity contribution in [3.63, 3.8) is 0 Å². The van der Waals surface area contributed by atoms with E-state index in [1.807, 2.05) is 0 Å². The maximum Gasteiger partial charge on any atom is 0.110 e. The van der Waals surface area contributed by atoms with Gasteiger partial charge in [0.1, 0.15) is 5.82 Å². The van der Waals surface area contributed by atoms with E-state index in [4.69, 9.17) is 4.98 Å². The van der Waals surface area contributed by atoms with Gasteiger partial charge in [-0.1, -0.05) is 32.9 Å². The Morgan fingerprint density at radius 2 is 1.94 bits per heavy atom. The molecule has 0 aliphatic heterocycles. The van der Waals surface area contributed by atoms with Crippen LogP contribution in [0, 0.1) is 11.3 Å². The van der Waals surface area contributed by atoms with Crippen molar-refractivity contribution >= 4 is 11.0 Å². The van der Waals surface area contributed by atoms with Gasteiger partial charge in [0, 0.05) is 13.0 Å². The second-order valence-corrected chi connectivity index (χ2v) is 6.81. The molecule has 18 heavy (non-hydrogen) atoms. The molecule has 1 fully saturated rings. The summed E-state index contributed by atoms with van der Waals surface area (Å²) in [7, 11) is 0. The number of para-hydroxylation sites is 2. The Bertz CT molecular complexity index is 556. The summed E-state index contributed by atoms with van der Waals surface area (Å²) in [6, 6.07) is 8.54. The lowest BCUT2D eigenvalue weighted by atomic mass is 9.92. The van der Waals surface area contributed by atoms with Crippen LogP contribution in [-0.4, -0.2) is 9.55 Å². The maximum atomic E-state index is 4.84. The van der Waals surface area contributed by atoms with Crippen molar-refractivity contribution in [1.82, 2.24) is 9.55 Å². The van der Waals surface area contributed by atoms with Crippen LogP contribution in [0.15, 0.2) is 24.3 Å². The molecule has 0 amide bonds. The first-order chi connectivity index (χ1) is 8.53. The van der Waals surface area contributed by atoms with Gasteiger partial charge in [-0.3, -0.25) is 0 Å². The average molecular weight is 242 g/mol. The highest BCUT2D eigenvalue weighted by atomic mass is 15.1. The van der Waals surface area contributed by atoms with Crippen LogP contribution in [0.3, 0.4) is 0 Å².